The Balaban J connectivity index is 1.62. The smallest absolute Gasteiger partial charge is 0.307 e. The van der Waals surface area contributed by atoms with Crippen LogP contribution in [-0.4, -0.2) is 28.5 Å². The molecule has 0 fully saturated rings. The van der Waals surface area contributed by atoms with Gasteiger partial charge in [0.05, 0.1) is 19.2 Å². The number of carbonyl (C=O) groups is 2. The standard InChI is InChI=1S/C24H23NO4/c1-29-21-12-10-20(11-13-21)24(28)22-9-5-15-25(22)14-3-2-6-18-7-4-8-19(16-18)17-23(26)27/h2,4-13,15-16H,3,14,17H2,1H3,(H,26,27)/b6-2+. The van der Waals surface area contributed by atoms with E-state index in [0.29, 0.717) is 17.8 Å². The second kappa shape index (κ2) is 9.55. The maximum atomic E-state index is 12.8. The van der Waals surface area contributed by atoms with Crippen LogP contribution in [0.15, 0.2) is 72.9 Å². The van der Waals surface area contributed by atoms with Crippen molar-refractivity contribution in [3.05, 3.63) is 95.3 Å². The van der Waals surface area contributed by atoms with Crippen LogP contribution in [0.2, 0.25) is 0 Å². The van der Waals surface area contributed by atoms with Crippen LogP contribution >= 0.6 is 0 Å². The van der Waals surface area contributed by atoms with Crippen molar-refractivity contribution in [2.45, 2.75) is 19.4 Å². The van der Waals surface area contributed by atoms with E-state index in [0.717, 1.165) is 23.3 Å². The first-order valence-corrected chi connectivity index (χ1v) is 9.38. The number of aromatic nitrogens is 1. The lowest BCUT2D eigenvalue weighted by atomic mass is 10.1. The van der Waals surface area contributed by atoms with Gasteiger partial charge in [-0.05, 0) is 53.9 Å². The molecule has 5 heteroatoms. The number of aliphatic carboxylic acids is 1. The fourth-order valence-corrected chi connectivity index (χ4v) is 3.12. The highest BCUT2D eigenvalue weighted by atomic mass is 16.5. The molecule has 0 saturated carbocycles. The Kier molecular flexibility index (Phi) is 6.63. The number of rotatable bonds is 9. The SMILES string of the molecule is COc1ccc(C(=O)c2cccn2CC/C=C/c2cccc(CC(=O)O)c2)cc1. The predicted molar refractivity (Wildman–Crippen MR) is 112 cm³/mol. The second-order valence-electron chi connectivity index (χ2n) is 6.65. The summed E-state index contributed by atoms with van der Waals surface area (Å²) in [5, 5.41) is 8.90. The number of ketones is 1. The molecule has 2 aromatic carbocycles. The van der Waals surface area contributed by atoms with E-state index < -0.39 is 5.97 Å². The summed E-state index contributed by atoms with van der Waals surface area (Å²) >= 11 is 0. The van der Waals surface area contributed by atoms with Gasteiger partial charge in [0.2, 0.25) is 5.78 Å². The van der Waals surface area contributed by atoms with E-state index >= 15 is 0 Å². The predicted octanol–water partition coefficient (Wildman–Crippen LogP) is 4.46. The Morgan fingerprint density at radius 2 is 1.86 bits per heavy atom. The molecule has 0 atom stereocenters. The number of ether oxygens (including phenoxy) is 1. The number of aryl methyl sites for hydroxylation is 1. The molecule has 0 bridgehead atoms. The van der Waals surface area contributed by atoms with Crippen LogP contribution in [0.1, 0.15) is 33.6 Å². The normalized spacial score (nSPS) is 10.9. The molecule has 1 aromatic heterocycles. The molecule has 5 nitrogen and oxygen atoms in total. The van der Waals surface area contributed by atoms with Crippen molar-refractivity contribution < 1.29 is 19.4 Å². The molecule has 0 aliphatic heterocycles. The van der Waals surface area contributed by atoms with E-state index in [1.165, 1.54) is 0 Å². The fraction of sp³-hybridized carbons (Fsp3) is 0.167. The van der Waals surface area contributed by atoms with Crippen LogP contribution in [0.3, 0.4) is 0 Å². The second-order valence-corrected chi connectivity index (χ2v) is 6.65. The quantitative estimate of drug-likeness (QED) is 0.549. The van der Waals surface area contributed by atoms with Crippen LogP contribution in [0.5, 0.6) is 5.75 Å². The molecule has 3 rings (SSSR count). The zero-order valence-corrected chi connectivity index (χ0v) is 16.2. The number of hydrogen-bond acceptors (Lipinski definition) is 3. The highest BCUT2D eigenvalue weighted by Gasteiger charge is 2.13. The van der Waals surface area contributed by atoms with Gasteiger partial charge in [-0.25, -0.2) is 0 Å². The topological polar surface area (TPSA) is 68.5 Å². The third kappa shape index (κ3) is 5.45. The summed E-state index contributed by atoms with van der Waals surface area (Å²) in [4.78, 5) is 23.6. The maximum Gasteiger partial charge on any atom is 0.307 e. The van der Waals surface area contributed by atoms with Crippen molar-refractivity contribution in [1.29, 1.82) is 0 Å². The number of benzene rings is 2. The number of allylic oxidation sites excluding steroid dienone is 1. The third-order valence-electron chi connectivity index (χ3n) is 4.57. The zero-order chi connectivity index (χ0) is 20.6. The Hall–Kier alpha value is -3.60. The molecule has 0 saturated heterocycles. The summed E-state index contributed by atoms with van der Waals surface area (Å²) in [7, 11) is 1.60. The summed E-state index contributed by atoms with van der Waals surface area (Å²) in [6, 6.07) is 18.3. The average Bonchev–Trinajstić information content (AvgIpc) is 3.19. The molecule has 0 aliphatic rings. The minimum atomic E-state index is -0.840. The van der Waals surface area contributed by atoms with E-state index in [2.05, 4.69) is 0 Å². The van der Waals surface area contributed by atoms with Crippen molar-refractivity contribution >= 4 is 17.8 Å². The van der Waals surface area contributed by atoms with Crippen molar-refractivity contribution in [3.63, 3.8) is 0 Å². The highest BCUT2D eigenvalue weighted by Crippen LogP contribution is 2.16. The molecule has 0 aliphatic carbocycles. The molecule has 0 radical (unpaired) electrons. The van der Waals surface area contributed by atoms with Crippen LogP contribution < -0.4 is 4.74 Å². The van der Waals surface area contributed by atoms with Gasteiger partial charge in [-0.15, -0.1) is 0 Å². The molecule has 3 aromatic rings. The first-order valence-electron chi connectivity index (χ1n) is 9.38. The Morgan fingerprint density at radius 1 is 1.07 bits per heavy atom. The fourth-order valence-electron chi connectivity index (χ4n) is 3.12. The molecule has 1 N–H and O–H groups in total. The lowest BCUT2D eigenvalue weighted by molar-refractivity contribution is -0.136. The summed E-state index contributed by atoms with van der Waals surface area (Å²) in [5.74, 6) is -0.148. The molecular formula is C24H23NO4. The minimum Gasteiger partial charge on any atom is -0.497 e. The van der Waals surface area contributed by atoms with Gasteiger partial charge in [-0.2, -0.15) is 0 Å². The molecule has 148 valence electrons. The average molecular weight is 389 g/mol. The van der Waals surface area contributed by atoms with E-state index in [1.807, 2.05) is 59.3 Å². The van der Waals surface area contributed by atoms with E-state index in [4.69, 9.17) is 9.84 Å². The first kappa shape index (κ1) is 20.1. The van der Waals surface area contributed by atoms with Crippen molar-refractivity contribution in [1.82, 2.24) is 4.57 Å². The highest BCUT2D eigenvalue weighted by molar-refractivity contribution is 6.08. The van der Waals surface area contributed by atoms with E-state index in [-0.39, 0.29) is 12.2 Å². The van der Waals surface area contributed by atoms with Gasteiger partial charge in [0.1, 0.15) is 5.75 Å². The van der Waals surface area contributed by atoms with Crippen molar-refractivity contribution in [2.24, 2.45) is 0 Å². The summed E-state index contributed by atoms with van der Waals surface area (Å²) in [5.41, 5.74) is 3.01. The monoisotopic (exact) mass is 389 g/mol. The molecule has 1 heterocycles. The van der Waals surface area contributed by atoms with Crippen LogP contribution in [0.4, 0.5) is 0 Å². The van der Waals surface area contributed by atoms with E-state index in [1.54, 1.807) is 31.4 Å². The number of nitrogens with zero attached hydrogens (tertiary/aromatic N) is 1. The largest absolute Gasteiger partial charge is 0.497 e. The van der Waals surface area contributed by atoms with Crippen LogP contribution in [0, 0.1) is 0 Å². The maximum absolute atomic E-state index is 12.8. The molecular weight excluding hydrogens is 366 g/mol. The van der Waals surface area contributed by atoms with Crippen molar-refractivity contribution in [2.75, 3.05) is 7.11 Å². The van der Waals surface area contributed by atoms with Gasteiger partial charge < -0.3 is 14.4 Å². The number of hydrogen-bond donors (Lipinski definition) is 1. The third-order valence-corrected chi connectivity index (χ3v) is 4.57. The number of carboxylic acids is 1. The molecule has 0 amide bonds. The minimum absolute atomic E-state index is 0.0158. The van der Waals surface area contributed by atoms with Crippen molar-refractivity contribution in [3.8, 4) is 5.75 Å². The zero-order valence-electron chi connectivity index (χ0n) is 16.2. The summed E-state index contributed by atoms with van der Waals surface area (Å²) < 4.78 is 7.08. The van der Waals surface area contributed by atoms with Gasteiger partial charge in [0, 0.05) is 18.3 Å². The van der Waals surface area contributed by atoms with Gasteiger partial charge in [-0.3, -0.25) is 9.59 Å². The lowest BCUT2D eigenvalue weighted by Gasteiger charge is -2.08. The molecule has 29 heavy (non-hydrogen) atoms. The number of carboxylic acid groups (broad SMARTS) is 1. The van der Waals surface area contributed by atoms with Gasteiger partial charge in [0.15, 0.2) is 0 Å². The number of methoxy groups -OCH3 is 1. The van der Waals surface area contributed by atoms with Gasteiger partial charge in [-0.1, -0.05) is 36.4 Å². The van der Waals surface area contributed by atoms with E-state index in [9.17, 15) is 9.59 Å². The Labute approximate surface area is 169 Å². The first-order chi connectivity index (χ1) is 14.1. The summed E-state index contributed by atoms with van der Waals surface area (Å²) in [6.07, 6.45) is 6.67. The Morgan fingerprint density at radius 3 is 2.59 bits per heavy atom. The number of carbonyl (C=O) groups excluding carboxylic acids is 1. The van der Waals surface area contributed by atoms with Gasteiger partial charge >= 0.3 is 5.97 Å². The summed E-state index contributed by atoms with van der Waals surface area (Å²) in [6.45, 7) is 0.676. The Bertz CT molecular complexity index is 1020. The van der Waals surface area contributed by atoms with Crippen LogP contribution in [-0.2, 0) is 17.8 Å². The molecule has 0 spiro atoms. The lowest BCUT2D eigenvalue weighted by Crippen LogP contribution is -2.09. The van der Waals surface area contributed by atoms with Gasteiger partial charge in [0.25, 0.3) is 0 Å². The van der Waals surface area contributed by atoms with Crippen LogP contribution in [0.25, 0.3) is 6.08 Å². The molecule has 0 unspecified atom stereocenters.